The van der Waals surface area contributed by atoms with E-state index in [0.717, 1.165) is 40.1 Å². The summed E-state index contributed by atoms with van der Waals surface area (Å²) < 4.78 is 0. The zero-order valence-corrected chi connectivity index (χ0v) is 33.8. The van der Waals surface area contributed by atoms with Crippen LogP contribution in [0.5, 0.6) is 0 Å². The van der Waals surface area contributed by atoms with Gasteiger partial charge in [-0.3, -0.25) is 24.0 Å². The second kappa shape index (κ2) is 19.5. The number of nitrogens with zero attached hydrogens (tertiary/aromatic N) is 2. The van der Waals surface area contributed by atoms with Crippen LogP contribution in [0.2, 0.25) is 5.02 Å². The molecule has 0 bridgehead atoms. The maximum absolute atomic E-state index is 14.0. The summed E-state index contributed by atoms with van der Waals surface area (Å²) in [6.45, 7) is 9.40. The number of aliphatic hydroxyl groups excluding tert-OH is 1. The maximum Gasteiger partial charge on any atom is 0.246 e. The molecule has 55 heavy (non-hydrogen) atoms. The number of carbonyl (C=O) groups excluding carboxylic acids is 5. The summed E-state index contributed by atoms with van der Waals surface area (Å²) >= 11 is 7.87. The number of rotatable bonds is 17. The molecule has 1 aliphatic rings. The molecular formula is C40H54ClN7O6S. The molecule has 2 aromatic carbocycles. The predicted molar refractivity (Wildman–Crippen MR) is 215 cm³/mol. The number of nitrogens with two attached hydrogens (primary N) is 2. The number of benzene rings is 2. The molecule has 1 saturated heterocycles. The van der Waals surface area contributed by atoms with Crippen molar-refractivity contribution in [1.82, 2.24) is 20.5 Å². The van der Waals surface area contributed by atoms with Gasteiger partial charge >= 0.3 is 0 Å². The van der Waals surface area contributed by atoms with Crippen LogP contribution < -0.4 is 27.4 Å². The van der Waals surface area contributed by atoms with E-state index in [-0.39, 0.29) is 50.1 Å². The first-order valence-electron chi connectivity index (χ1n) is 18.7. The van der Waals surface area contributed by atoms with Crippen LogP contribution in [0.25, 0.3) is 10.4 Å². The smallest absolute Gasteiger partial charge is 0.246 e. The first-order valence-corrected chi connectivity index (χ1v) is 19.9. The molecule has 15 heteroatoms. The lowest BCUT2D eigenvalue weighted by atomic mass is 9.85. The third-order valence-corrected chi connectivity index (χ3v) is 10.9. The monoisotopic (exact) mass is 795 g/mol. The highest BCUT2D eigenvalue weighted by Gasteiger charge is 2.44. The molecule has 3 aromatic rings. The van der Waals surface area contributed by atoms with E-state index in [9.17, 15) is 29.1 Å². The Morgan fingerprint density at radius 1 is 1.04 bits per heavy atom. The molecule has 13 nitrogen and oxygen atoms in total. The number of halogens is 1. The maximum atomic E-state index is 14.0. The normalized spacial score (nSPS) is 17.3. The zero-order valence-electron chi connectivity index (χ0n) is 32.2. The minimum atomic E-state index is -0.912. The van der Waals surface area contributed by atoms with E-state index < -0.39 is 47.4 Å². The van der Waals surface area contributed by atoms with Crippen LogP contribution >= 0.6 is 22.9 Å². The van der Waals surface area contributed by atoms with Crippen LogP contribution in [0, 0.1) is 12.3 Å². The lowest BCUT2D eigenvalue weighted by molar-refractivity contribution is -0.144. The molecule has 0 spiro atoms. The Morgan fingerprint density at radius 3 is 2.38 bits per heavy atom. The van der Waals surface area contributed by atoms with E-state index >= 15 is 0 Å². The molecule has 0 unspecified atom stereocenters. The minimum absolute atomic E-state index is 0.00631. The highest BCUT2D eigenvalue weighted by molar-refractivity contribution is 7.13. The first-order chi connectivity index (χ1) is 25.9. The van der Waals surface area contributed by atoms with Gasteiger partial charge in [0.1, 0.15) is 12.1 Å². The largest absolute Gasteiger partial charge is 0.391 e. The second-order valence-corrected chi connectivity index (χ2v) is 16.7. The number of primary amides is 1. The Bertz CT molecular complexity index is 1830. The van der Waals surface area contributed by atoms with Gasteiger partial charge in [0.05, 0.1) is 34.3 Å². The van der Waals surface area contributed by atoms with Gasteiger partial charge in [0, 0.05) is 36.5 Å². The molecule has 1 aliphatic heterocycles. The molecule has 0 aliphatic carbocycles. The second-order valence-electron chi connectivity index (χ2n) is 15.4. The van der Waals surface area contributed by atoms with Crippen LogP contribution in [-0.2, 0) is 30.4 Å². The molecule has 1 aromatic heterocycles. The average Bonchev–Trinajstić information content (AvgIpc) is 3.73. The van der Waals surface area contributed by atoms with Crippen molar-refractivity contribution in [1.29, 1.82) is 0 Å². The fourth-order valence-corrected chi connectivity index (χ4v) is 7.64. The molecule has 1 fully saturated rings. The van der Waals surface area contributed by atoms with E-state index in [1.54, 1.807) is 17.4 Å². The van der Waals surface area contributed by atoms with Gasteiger partial charge in [-0.1, -0.05) is 63.1 Å². The highest BCUT2D eigenvalue weighted by atomic mass is 35.5. The van der Waals surface area contributed by atoms with Gasteiger partial charge in [-0.15, -0.1) is 11.3 Å². The summed E-state index contributed by atoms with van der Waals surface area (Å²) in [5.74, 6) is -2.02. The molecule has 2 heterocycles. The third kappa shape index (κ3) is 12.6. The summed E-state index contributed by atoms with van der Waals surface area (Å²) in [6, 6.07) is 10.1. The summed E-state index contributed by atoms with van der Waals surface area (Å²) in [6.07, 6.45) is 2.27. The number of aromatic nitrogens is 1. The Hall–Kier alpha value is -4.37. The number of hydrogen-bond donors (Lipinski definition) is 6. The summed E-state index contributed by atoms with van der Waals surface area (Å²) in [4.78, 5) is 71.1. The fourth-order valence-electron chi connectivity index (χ4n) is 6.57. The van der Waals surface area contributed by atoms with Crippen molar-refractivity contribution in [3.8, 4) is 10.4 Å². The van der Waals surface area contributed by atoms with Gasteiger partial charge < -0.3 is 37.4 Å². The van der Waals surface area contributed by atoms with Crippen LogP contribution in [0.4, 0.5) is 5.69 Å². The molecule has 5 amide bonds. The number of nitrogens with one attached hydrogen (secondary N) is 3. The number of thiazole rings is 1. The molecule has 8 N–H and O–H groups in total. The molecule has 298 valence electrons. The quantitative estimate of drug-likeness (QED) is 0.105. The average molecular weight is 796 g/mol. The number of anilines is 1. The molecule has 0 radical (unpaired) electrons. The van der Waals surface area contributed by atoms with E-state index in [4.69, 9.17) is 23.1 Å². The highest BCUT2D eigenvalue weighted by Crippen LogP contribution is 2.30. The van der Waals surface area contributed by atoms with E-state index in [1.165, 1.54) is 4.90 Å². The predicted octanol–water partition coefficient (Wildman–Crippen LogP) is 4.78. The summed E-state index contributed by atoms with van der Waals surface area (Å²) in [5, 5.41) is 19.7. The number of carbonyl (C=O) groups is 5. The van der Waals surface area contributed by atoms with Crippen molar-refractivity contribution in [2.75, 3.05) is 11.9 Å². The van der Waals surface area contributed by atoms with E-state index in [2.05, 4.69) is 20.9 Å². The summed E-state index contributed by atoms with van der Waals surface area (Å²) in [7, 11) is 0. The topological polar surface area (TPSA) is 210 Å². The number of β-amino-alcohol motifs (C(OH)–C–C–N with tert-alkyl or cyclic N) is 1. The van der Waals surface area contributed by atoms with Crippen molar-refractivity contribution in [2.24, 2.45) is 16.9 Å². The summed E-state index contributed by atoms with van der Waals surface area (Å²) in [5.41, 5.74) is 16.5. The number of likely N-dealkylation sites (tertiary alicyclic amines) is 1. The van der Waals surface area contributed by atoms with Crippen molar-refractivity contribution >= 4 is 58.2 Å². The van der Waals surface area contributed by atoms with Gasteiger partial charge in [0.15, 0.2) is 0 Å². The molecule has 5 atom stereocenters. The Balaban J connectivity index is 1.28. The van der Waals surface area contributed by atoms with Gasteiger partial charge in [0.25, 0.3) is 0 Å². The van der Waals surface area contributed by atoms with Crippen molar-refractivity contribution in [2.45, 2.75) is 116 Å². The lowest BCUT2D eigenvalue weighted by Gasteiger charge is -2.35. The Kier molecular flexibility index (Phi) is 15.4. The fraction of sp³-hybridized carbons (Fsp3) is 0.500. The first kappa shape index (κ1) is 43.4. The third-order valence-electron chi connectivity index (χ3n) is 9.69. The number of unbranched alkanes of at least 4 members (excludes halogenated alkanes) is 2. The van der Waals surface area contributed by atoms with Crippen molar-refractivity contribution < 1.29 is 29.1 Å². The van der Waals surface area contributed by atoms with E-state index in [1.807, 2.05) is 76.5 Å². The van der Waals surface area contributed by atoms with Crippen LogP contribution in [-0.4, -0.2) is 75.3 Å². The lowest BCUT2D eigenvalue weighted by Crippen LogP contribution is -2.57. The van der Waals surface area contributed by atoms with E-state index in [0.29, 0.717) is 23.6 Å². The van der Waals surface area contributed by atoms with Crippen LogP contribution in [0.3, 0.4) is 0 Å². The van der Waals surface area contributed by atoms with Gasteiger partial charge in [0.2, 0.25) is 29.5 Å². The molecule has 4 rings (SSSR count). The van der Waals surface area contributed by atoms with Crippen LogP contribution in [0.1, 0.15) is 95.5 Å². The number of aliphatic hydroxyl groups is 1. The Morgan fingerprint density at radius 2 is 1.75 bits per heavy atom. The van der Waals surface area contributed by atoms with Gasteiger partial charge in [-0.05, 0) is 79.8 Å². The SMILES string of the molecule is Cc1ncsc1-c1ccc([C@H](C)NC(=O)[C@@H]2C[C@@H](O)CN2C(=O)[C@@H](NC(=O)CCCCCc2cc(Cl)cc(NC(=O)[C@@H](N)CCC(N)=O)c2)C(C)(C)C)cc1. The molecule has 0 saturated carbocycles. The number of hydrogen-bond acceptors (Lipinski definition) is 9. The number of amides is 5. The van der Waals surface area contributed by atoms with Crippen molar-refractivity contribution in [3.05, 3.63) is 69.8 Å². The zero-order chi connectivity index (χ0) is 40.4. The van der Waals surface area contributed by atoms with Gasteiger partial charge in [-0.25, -0.2) is 4.98 Å². The molecular weight excluding hydrogens is 742 g/mol. The van der Waals surface area contributed by atoms with Crippen LogP contribution in [0.15, 0.2) is 48.0 Å². The van der Waals surface area contributed by atoms with Crippen molar-refractivity contribution in [3.63, 3.8) is 0 Å². The Labute approximate surface area is 332 Å². The van der Waals surface area contributed by atoms with Gasteiger partial charge in [-0.2, -0.15) is 0 Å². The minimum Gasteiger partial charge on any atom is -0.391 e. The standard InChI is InChI=1S/C40H54ClN7O6S/c1-23(26-11-13-27(14-12-26)35-24(2)44-22-55-35)45-38(53)32-20-30(49)21-48(32)39(54)36(40(3,4)5)47-34(51)10-8-6-7-9-25-17-28(41)19-29(18-25)46-37(52)31(42)15-16-33(43)50/h11-14,17-19,22-23,30-32,36,49H,6-10,15-16,20-21,42H2,1-5H3,(H2,43,50)(H,45,53)(H,46,52)(H,47,51)/t23-,30+,31-,32-,36+/m0/s1. The number of aryl methyl sites for hydroxylation is 2.